The standard InChI is InChI=1S/C18H21N3O3/c1-12-17(13(2)24-19-12)18(23)21-10-9-20(14(3)22)11-16(21)15-7-5-4-6-8-15/h4-8,16H,9-11H2,1-3H3/t16-/m1/s1. The van der Waals surface area contributed by atoms with Crippen molar-refractivity contribution in [3.05, 3.63) is 52.9 Å². The van der Waals surface area contributed by atoms with Crippen LogP contribution in [0.15, 0.2) is 34.9 Å². The van der Waals surface area contributed by atoms with Crippen molar-refractivity contribution in [3.8, 4) is 0 Å². The minimum atomic E-state index is -0.176. The second-order valence-corrected chi connectivity index (χ2v) is 6.09. The van der Waals surface area contributed by atoms with Crippen molar-refractivity contribution < 1.29 is 14.1 Å². The van der Waals surface area contributed by atoms with Crippen molar-refractivity contribution >= 4 is 11.8 Å². The van der Waals surface area contributed by atoms with Crippen LogP contribution in [0.5, 0.6) is 0 Å². The number of aryl methyl sites for hydroxylation is 2. The molecule has 6 nitrogen and oxygen atoms in total. The Bertz CT molecular complexity index is 735. The van der Waals surface area contributed by atoms with Crippen LogP contribution in [0.3, 0.4) is 0 Å². The summed E-state index contributed by atoms with van der Waals surface area (Å²) in [5, 5.41) is 3.89. The van der Waals surface area contributed by atoms with Crippen molar-refractivity contribution in [3.63, 3.8) is 0 Å². The number of aromatic nitrogens is 1. The van der Waals surface area contributed by atoms with Crippen molar-refractivity contribution in [2.45, 2.75) is 26.8 Å². The Morgan fingerprint density at radius 2 is 1.88 bits per heavy atom. The molecule has 0 saturated carbocycles. The molecule has 126 valence electrons. The molecule has 0 aliphatic carbocycles. The summed E-state index contributed by atoms with van der Waals surface area (Å²) in [5.41, 5.74) is 2.13. The van der Waals surface area contributed by atoms with Gasteiger partial charge in [-0.3, -0.25) is 9.59 Å². The summed E-state index contributed by atoms with van der Waals surface area (Å²) in [7, 11) is 0. The van der Waals surface area contributed by atoms with Crippen molar-refractivity contribution in [1.29, 1.82) is 0 Å². The van der Waals surface area contributed by atoms with E-state index >= 15 is 0 Å². The van der Waals surface area contributed by atoms with Gasteiger partial charge in [0.1, 0.15) is 11.3 Å². The van der Waals surface area contributed by atoms with E-state index in [0.717, 1.165) is 5.56 Å². The third-order valence-electron chi connectivity index (χ3n) is 4.52. The quantitative estimate of drug-likeness (QED) is 0.849. The van der Waals surface area contributed by atoms with Gasteiger partial charge in [-0.05, 0) is 19.4 Å². The summed E-state index contributed by atoms with van der Waals surface area (Å²) < 4.78 is 5.15. The maximum atomic E-state index is 13.1. The number of amides is 2. The maximum Gasteiger partial charge on any atom is 0.260 e. The van der Waals surface area contributed by atoms with Crippen LogP contribution in [0.2, 0.25) is 0 Å². The van der Waals surface area contributed by atoms with Crippen LogP contribution >= 0.6 is 0 Å². The Balaban J connectivity index is 1.95. The fraction of sp³-hybridized carbons (Fsp3) is 0.389. The van der Waals surface area contributed by atoms with Gasteiger partial charge in [-0.25, -0.2) is 0 Å². The van der Waals surface area contributed by atoms with Crippen molar-refractivity contribution in [1.82, 2.24) is 15.0 Å². The van der Waals surface area contributed by atoms with Crippen LogP contribution < -0.4 is 0 Å². The minimum absolute atomic E-state index is 0.0281. The molecule has 24 heavy (non-hydrogen) atoms. The highest BCUT2D eigenvalue weighted by atomic mass is 16.5. The lowest BCUT2D eigenvalue weighted by atomic mass is 10.0. The normalized spacial score (nSPS) is 17.9. The van der Waals surface area contributed by atoms with Crippen LogP contribution in [0.25, 0.3) is 0 Å². The van der Waals surface area contributed by atoms with Crippen LogP contribution in [-0.2, 0) is 4.79 Å². The SMILES string of the molecule is CC(=O)N1CCN(C(=O)c2c(C)noc2C)[C@@H](c2ccccc2)C1. The van der Waals surface area contributed by atoms with E-state index in [1.165, 1.54) is 0 Å². The number of hydrogen-bond acceptors (Lipinski definition) is 4. The molecule has 1 aromatic heterocycles. The van der Waals surface area contributed by atoms with Gasteiger partial charge in [0.2, 0.25) is 5.91 Å². The Hall–Kier alpha value is -2.63. The molecule has 2 aromatic rings. The predicted octanol–water partition coefficient (Wildman–Crippen LogP) is 2.34. The van der Waals surface area contributed by atoms with Gasteiger partial charge in [0.25, 0.3) is 5.91 Å². The predicted molar refractivity (Wildman–Crippen MR) is 88.5 cm³/mol. The molecule has 1 atom stereocenters. The van der Waals surface area contributed by atoms with Gasteiger partial charge in [0, 0.05) is 26.6 Å². The Labute approximate surface area is 141 Å². The van der Waals surface area contributed by atoms with E-state index in [0.29, 0.717) is 36.7 Å². The fourth-order valence-electron chi connectivity index (χ4n) is 3.20. The molecule has 1 saturated heterocycles. The number of carbonyl (C=O) groups is 2. The van der Waals surface area contributed by atoms with Crippen LogP contribution in [-0.4, -0.2) is 46.4 Å². The maximum absolute atomic E-state index is 13.1. The molecule has 2 amide bonds. The molecular weight excluding hydrogens is 306 g/mol. The Morgan fingerprint density at radius 3 is 2.46 bits per heavy atom. The van der Waals surface area contributed by atoms with E-state index in [-0.39, 0.29) is 17.9 Å². The topological polar surface area (TPSA) is 66.7 Å². The summed E-state index contributed by atoms with van der Waals surface area (Å²) in [5.74, 6) is 0.460. The highest BCUT2D eigenvalue weighted by Gasteiger charge is 2.35. The van der Waals surface area contributed by atoms with Crippen LogP contribution in [0.4, 0.5) is 0 Å². The molecule has 3 rings (SSSR count). The average molecular weight is 327 g/mol. The van der Waals surface area contributed by atoms with E-state index in [9.17, 15) is 9.59 Å². The third kappa shape index (κ3) is 2.91. The second-order valence-electron chi connectivity index (χ2n) is 6.09. The first-order chi connectivity index (χ1) is 11.5. The van der Waals surface area contributed by atoms with E-state index in [1.54, 1.807) is 25.7 Å². The second kappa shape index (κ2) is 6.47. The first-order valence-electron chi connectivity index (χ1n) is 8.03. The van der Waals surface area contributed by atoms with Gasteiger partial charge in [0.05, 0.1) is 11.7 Å². The number of hydrogen-bond donors (Lipinski definition) is 0. The third-order valence-corrected chi connectivity index (χ3v) is 4.52. The summed E-state index contributed by atoms with van der Waals surface area (Å²) >= 11 is 0. The van der Waals surface area contributed by atoms with Crippen molar-refractivity contribution in [2.75, 3.05) is 19.6 Å². The zero-order valence-corrected chi connectivity index (χ0v) is 14.2. The lowest BCUT2D eigenvalue weighted by Gasteiger charge is -2.41. The Morgan fingerprint density at radius 1 is 1.17 bits per heavy atom. The summed E-state index contributed by atoms with van der Waals surface area (Å²) in [6.07, 6.45) is 0. The van der Waals surface area contributed by atoms with Gasteiger partial charge in [-0.1, -0.05) is 35.5 Å². The summed E-state index contributed by atoms with van der Waals surface area (Å²) in [6, 6.07) is 9.63. The largest absolute Gasteiger partial charge is 0.361 e. The number of benzene rings is 1. The fourth-order valence-corrected chi connectivity index (χ4v) is 3.20. The molecule has 2 heterocycles. The van der Waals surface area contributed by atoms with E-state index in [1.807, 2.05) is 35.2 Å². The van der Waals surface area contributed by atoms with E-state index < -0.39 is 0 Å². The molecule has 0 radical (unpaired) electrons. The lowest BCUT2D eigenvalue weighted by molar-refractivity contribution is -0.131. The zero-order valence-electron chi connectivity index (χ0n) is 14.2. The molecule has 1 aliphatic heterocycles. The molecule has 1 aromatic carbocycles. The summed E-state index contributed by atoms with van der Waals surface area (Å²) in [4.78, 5) is 28.5. The first kappa shape index (κ1) is 16.2. The van der Waals surface area contributed by atoms with Gasteiger partial charge in [0.15, 0.2) is 0 Å². The minimum Gasteiger partial charge on any atom is -0.361 e. The molecule has 1 aliphatic rings. The Kier molecular flexibility index (Phi) is 4.38. The van der Waals surface area contributed by atoms with Gasteiger partial charge in [-0.2, -0.15) is 0 Å². The average Bonchev–Trinajstić information content (AvgIpc) is 2.93. The zero-order chi connectivity index (χ0) is 17.3. The lowest BCUT2D eigenvalue weighted by Crippen LogP contribution is -2.52. The van der Waals surface area contributed by atoms with Crippen LogP contribution in [0, 0.1) is 13.8 Å². The van der Waals surface area contributed by atoms with E-state index in [4.69, 9.17) is 4.52 Å². The molecule has 1 fully saturated rings. The smallest absolute Gasteiger partial charge is 0.260 e. The highest BCUT2D eigenvalue weighted by Crippen LogP contribution is 2.28. The molecule has 0 spiro atoms. The van der Waals surface area contributed by atoms with Crippen molar-refractivity contribution in [2.24, 2.45) is 0 Å². The molecular formula is C18H21N3O3. The van der Waals surface area contributed by atoms with Gasteiger partial charge in [-0.15, -0.1) is 0 Å². The van der Waals surface area contributed by atoms with Gasteiger partial charge >= 0.3 is 0 Å². The number of piperazine rings is 1. The number of carbonyl (C=O) groups excluding carboxylic acids is 2. The molecule has 0 N–H and O–H groups in total. The number of rotatable bonds is 2. The van der Waals surface area contributed by atoms with Crippen LogP contribution in [0.1, 0.15) is 40.3 Å². The molecule has 0 unspecified atom stereocenters. The highest BCUT2D eigenvalue weighted by molar-refractivity contribution is 5.96. The summed E-state index contributed by atoms with van der Waals surface area (Å²) in [6.45, 7) is 6.60. The molecule has 0 bridgehead atoms. The number of nitrogens with zero attached hydrogens (tertiary/aromatic N) is 3. The molecule has 6 heteroatoms. The van der Waals surface area contributed by atoms with Gasteiger partial charge < -0.3 is 14.3 Å². The monoisotopic (exact) mass is 327 g/mol. The van der Waals surface area contributed by atoms with E-state index in [2.05, 4.69) is 5.16 Å². The first-order valence-corrected chi connectivity index (χ1v) is 8.03.